The van der Waals surface area contributed by atoms with Crippen LogP contribution in [0, 0.1) is 13.8 Å². The third-order valence-electron chi connectivity index (χ3n) is 4.65. The number of hydrogen-bond acceptors (Lipinski definition) is 3. The highest BCUT2D eigenvalue weighted by molar-refractivity contribution is 7.89. The second kappa shape index (κ2) is 8.91. The van der Waals surface area contributed by atoms with Gasteiger partial charge < -0.3 is 0 Å². The van der Waals surface area contributed by atoms with Crippen LogP contribution in [-0.2, 0) is 10.0 Å². The van der Waals surface area contributed by atoms with E-state index >= 15 is 0 Å². The molecule has 3 aromatic rings. The highest BCUT2D eigenvalue weighted by atomic mass is 35.5. The van der Waals surface area contributed by atoms with Crippen molar-refractivity contribution in [1.29, 1.82) is 0 Å². The van der Waals surface area contributed by atoms with Gasteiger partial charge in [-0.25, -0.2) is 13.1 Å². The van der Waals surface area contributed by atoms with E-state index in [1.807, 2.05) is 32.0 Å². The normalized spacial score (nSPS) is 13.6. The molecule has 0 heterocycles. The van der Waals surface area contributed by atoms with Crippen molar-refractivity contribution in [1.82, 2.24) is 4.72 Å². The molecule has 0 bridgehead atoms. The van der Waals surface area contributed by atoms with Crippen LogP contribution in [0.4, 0.5) is 0 Å². The van der Waals surface area contributed by atoms with Crippen LogP contribution in [0.3, 0.4) is 0 Å². The van der Waals surface area contributed by atoms with Crippen LogP contribution < -0.4 is 4.72 Å². The Morgan fingerprint density at radius 3 is 1.90 bits per heavy atom. The molecule has 0 fully saturated rings. The topological polar surface area (TPSA) is 63.2 Å². The summed E-state index contributed by atoms with van der Waals surface area (Å²) in [5.41, 5.74) is 3.02. The highest BCUT2D eigenvalue weighted by Crippen LogP contribution is 2.27. The first-order chi connectivity index (χ1) is 13.8. The molecule has 0 amide bonds. The molecule has 0 saturated carbocycles. The number of rotatable bonds is 7. The lowest BCUT2D eigenvalue weighted by Crippen LogP contribution is -2.37. The van der Waals surface area contributed by atoms with E-state index in [0.29, 0.717) is 11.1 Å². The van der Waals surface area contributed by atoms with Crippen LogP contribution in [0.15, 0.2) is 83.8 Å². The van der Waals surface area contributed by atoms with Gasteiger partial charge in [-0.3, -0.25) is 4.79 Å². The molecule has 150 valence electrons. The van der Waals surface area contributed by atoms with Crippen LogP contribution in [0.25, 0.3) is 0 Å². The van der Waals surface area contributed by atoms with E-state index in [-0.39, 0.29) is 10.7 Å². The molecule has 0 aromatic heterocycles. The van der Waals surface area contributed by atoms with Crippen molar-refractivity contribution in [3.05, 3.63) is 101 Å². The molecular weight excluding hydrogens is 406 g/mol. The minimum atomic E-state index is -3.88. The third kappa shape index (κ3) is 5.12. The van der Waals surface area contributed by atoms with Gasteiger partial charge in [-0.15, -0.1) is 11.6 Å². The molecule has 3 rings (SSSR count). The van der Waals surface area contributed by atoms with E-state index < -0.39 is 21.4 Å². The fraction of sp³-hybridized carbons (Fsp3) is 0.174. The molecule has 0 saturated heterocycles. The van der Waals surface area contributed by atoms with Gasteiger partial charge in [-0.2, -0.15) is 0 Å². The summed E-state index contributed by atoms with van der Waals surface area (Å²) in [5.74, 6) is -0.341. The molecule has 0 aliphatic carbocycles. The van der Waals surface area contributed by atoms with Crippen LogP contribution in [0.5, 0.6) is 0 Å². The Labute approximate surface area is 176 Å². The van der Waals surface area contributed by atoms with Crippen molar-refractivity contribution in [3.8, 4) is 0 Å². The number of sulfonamides is 1. The van der Waals surface area contributed by atoms with Crippen molar-refractivity contribution in [2.75, 3.05) is 0 Å². The minimum absolute atomic E-state index is 0.121. The summed E-state index contributed by atoms with van der Waals surface area (Å²) in [6.07, 6.45) is 0. The van der Waals surface area contributed by atoms with Crippen LogP contribution in [0.1, 0.15) is 33.1 Å². The molecule has 0 unspecified atom stereocenters. The number of nitrogens with one attached hydrogen (secondary N) is 1. The van der Waals surface area contributed by atoms with Crippen molar-refractivity contribution in [2.24, 2.45) is 0 Å². The van der Waals surface area contributed by atoms with E-state index in [2.05, 4.69) is 4.72 Å². The van der Waals surface area contributed by atoms with Gasteiger partial charge in [0.1, 0.15) is 5.38 Å². The lowest BCUT2D eigenvalue weighted by Gasteiger charge is -2.23. The van der Waals surface area contributed by atoms with Gasteiger partial charge in [-0.05, 0) is 31.5 Å². The maximum atomic E-state index is 13.0. The number of aryl methyl sites for hydroxylation is 2. The molecule has 6 heteroatoms. The van der Waals surface area contributed by atoms with Crippen molar-refractivity contribution < 1.29 is 13.2 Å². The monoisotopic (exact) mass is 427 g/mol. The summed E-state index contributed by atoms with van der Waals surface area (Å²) < 4.78 is 28.5. The standard InChI is InChI=1S/C23H22ClNO3S/c1-16-8-12-19(13-9-16)23(26)21(24)22(18-6-4-3-5-7-18)25-29(27,28)20-14-10-17(2)11-15-20/h3-15,21-22,25H,1-2H3/t21-,22-/m1/s1. The first-order valence-electron chi connectivity index (χ1n) is 9.17. The van der Waals surface area contributed by atoms with Gasteiger partial charge in [0.05, 0.1) is 10.9 Å². The third-order valence-corrected chi connectivity index (χ3v) is 6.56. The van der Waals surface area contributed by atoms with Crippen LogP contribution in [-0.4, -0.2) is 19.6 Å². The maximum Gasteiger partial charge on any atom is 0.241 e. The summed E-state index contributed by atoms with van der Waals surface area (Å²) in [7, 11) is -3.88. The largest absolute Gasteiger partial charge is 0.292 e. The fourth-order valence-electron chi connectivity index (χ4n) is 2.94. The molecule has 0 radical (unpaired) electrons. The Hall–Kier alpha value is -2.47. The average molecular weight is 428 g/mol. The lowest BCUT2D eigenvalue weighted by molar-refractivity contribution is 0.0977. The predicted octanol–water partition coefficient (Wildman–Crippen LogP) is 4.81. The Morgan fingerprint density at radius 2 is 1.34 bits per heavy atom. The van der Waals surface area contributed by atoms with Gasteiger partial charge >= 0.3 is 0 Å². The zero-order valence-corrected chi connectivity index (χ0v) is 17.7. The molecule has 4 nitrogen and oxygen atoms in total. The second-order valence-corrected chi connectivity index (χ2v) is 9.14. The van der Waals surface area contributed by atoms with E-state index in [1.165, 1.54) is 12.1 Å². The first-order valence-corrected chi connectivity index (χ1v) is 11.1. The number of benzene rings is 3. The number of ketones is 1. The fourth-order valence-corrected chi connectivity index (χ4v) is 4.58. The number of carbonyl (C=O) groups excluding carboxylic acids is 1. The van der Waals surface area contributed by atoms with E-state index in [4.69, 9.17) is 11.6 Å². The zero-order chi connectivity index (χ0) is 21.0. The lowest BCUT2D eigenvalue weighted by atomic mass is 9.97. The first kappa shape index (κ1) is 21.2. The van der Waals surface area contributed by atoms with E-state index in [9.17, 15) is 13.2 Å². The molecule has 29 heavy (non-hydrogen) atoms. The Bertz CT molecular complexity index is 1080. The predicted molar refractivity (Wildman–Crippen MR) is 116 cm³/mol. The molecule has 0 spiro atoms. The summed E-state index contributed by atoms with van der Waals surface area (Å²) >= 11 is 6.55. The van der Waals surface area contributed by atoms with Crippen LogP contribution in [0.2, 0.25) is 0 Å². The summed E-state index contributed by atoms with van der Waals surface area (Å²) in [5, 5.41) is -1.11. The Morgan fingerprint density at radius 1 is 0.828 bits per heavy atom. The molecule has 3 aromatic carbocycles. The quantitative estimate of drug-likeness (QED) is 0.434. The van der Waals surface area contributed by atoms with Crippen LogP contribution >= 0.6 is 11.6 Å². The number of halogens is 1. The van der Waals surface area contributed by atoms with E-state index in [1.54, 1.807) is 48.5 Å². The van der Waals surface area contributed by atoms with Crippen molar-refractivity contribution in [3.63, 3.8) is 0 Å². The number of hydrogen-bond donors (Lipinski definition) is 1. The number of carbonyl (C=O) groups is 1. The maximum absolute atomic E-state index is 13.0. The number of alkyl halides is 1. The average Bonchev–Trinajstić information content (AvgIpc) is 2.72. The SMILES string of the molecule is Cc1ccc(C(=O)[C@H](Cl)[C@H](NS(=O)(=O)c2ccc(C)cc2)c2ccccc2)cc1. The highest BCUT2D eigenvalue weighted by Gasteiger charge is 2.32. The molecular formula is C23H22ClNO3S. The Kier molecular flexibility index (Phi) is 6.52. The summed E-state index contributed by atoms with van der Waals surface area (Å²) in [6, 6.07) is 21.5. The van der Waals surface area contributed by atoms with Gasteiger partial charge in [0.2, 0.25) is 10.0 Å². The second-order valence-electron chi connectivity index (χ2n) is 6.95. The van der Waals surface area contributed by atoms with Gasteiger partial charge in [-0.1, -0.05) is 77.9 Å². The molecule has 1 N–H and O–H groups in total. The summed E-state index contributed by atoms with van der Waals surface area (Å²) in [6.45, 7) is 3.81. The van der Waals surface area contributed by atoms with Crippen molar-refractivity contribution >= 4 is 27.4 Å². The number of Topliss-reactive ketones (excluding diaryl/α,β-unsaturated/α-hetero) is 1. The molecule has 0 aliphatic rings. The Balaban J connectivity index is 1.95. The van der Waals surface area contributed by atoms with Gasteiger partial charge in [0, 0.05) is 5.56 Å². The molecule has 2 atom stereocenters. The smallest absolute Gasteiger partial charge is 0.241 e. The minimum Gasteiger partial charge on any atom is -0.292 e. The zero-order valence-electron chi connectivity index (χ0n) is 16.2. The summed E-state index contributed by atoms with van der Waals surface area (Å²) in [4.78, 5) is 13.1. The van der Waals surface area contributed by atoms with Crippen molar-refractivity contribution in [2.45, 2.75) is 30.2 Å². The molecule has 0 aliphatic heterocycles. The van der Waals surface area contributed by atoms with Gasteiger partial charge in [0.15, 0.2) is 5.78 Å². The van der Waals surface area contributed by atoms with Gasteiger partial charge in [0.25, 0.3) is 0 Å². The van der Waals surface area contributed by atoms with E-state index in [0.717, 1.165) is 11.1 Å².